The summed E-state index contributed by atoms with van der Waals surface area (Å²) in [7, 11) is 0. The number of likely N-dealkylation sites (tertiary alicyclic amines) is 1. The van der Waals surface area contributed by atoms with Gasteiger partial charge >= 0.3 is 0 Å². The first kappa shape index (κ1) is 10.5. The third-order valence-electron chi connectivity index (χ3n) is 3.02. The summed E-state index contributed by atoms with van der Waals surface area (Å²) in [6.07, 6.45) is 2.06. The second-order valence-electron chi connectivity index (χ2n) is 4.18. The molecule has 4 heteroatoms. The smallest absolute Gasteiger partial charge is 0.253 e. The lowest BCUT2D eigenvalue weighted by molar-refractivity contribution is -0.127. The van der Waals surface area contributed by atoms with E-state index < -0.39 is 0 Å². The molecule has 1 atom stereocenters. The van der Waals surface area contributed by atoms with Crippen molar-refractivity contribution in [3.8, 4) is 0 Å². The van der Waals surface area contributed by atoms with Crippen LogP contribution in [-0.2, 0) is 9.53 Å². The van der Waals surface area contributed by atoms with E-state index in [9.17, 15) is 9.90 Å². The number of rotatable bonds is 1. The molecular formula is C11H17NO3. The van der Waals surface area contributed by atoms with Gasteiger partial charge in [0.2, 0.25) is 0 Å². The molecule has 2 aliphatic rings. The summed E-state index contributed by atoms with van der Waals surface area (Å²) in [5.41, 5.74) is 0.787. The molecule has 0 radical (unpaired) electrons. The molecule has 0 unspecified atom stereocenters. The van der Waals surface area contributed by atoms with Gasteiger partial charge in [-0.3, -0.25) is 4.79 Å². The second-order valence-corrected chi connectivity index (χ2v) is 4.18. The molecule has 2 heterocycles. The molecule has 0 saturated carbocycles. The summed E-state index contributed by atoms with van der Waals surface area (Å²) in [5.74, 6) is 0.802. The zero-order valence-electron chi connectivity index (χ0n) is 9.03. The minimum atomic E-state index is -0.348. The maximum Gasteiger partial charge on any atom is 0.253 e. The summed E-state index contributed by atoms with van der Waals surface area (Å²) in [5, 5.41) is 9.37. The Morgan fingerprint density at radius 3 is 3.00 bits per heavy atom. The Hall–Kier alpha value is -1.03. The Labute approximate surface area is 89.5 Å². The largest absolute Gasteiger partial charge is 0.498 e. The van der Waals surface area contributed by atoms with Gasteiger partial charge in [-0.1, -0.05) is 0 Å². The first-order chi connectivity index (χ1) is 7.18. The van der Waals surface area contributed by atoms with Crippen LogP contribution in [0.5, 0.6) is 0 Å². The van der Waals surface area contributed by atoms with E-state index in [-0.39, 0.29) is 12.0 Å². The minimum Gasteiger partial charge on any atom is -0.498 e. The van der Waals surface area contributed by atoms with Crippen molar-refractivity contribution in [2.75, 3.05) is 19.7 Å². The topological polar surface area (TPSA) is 49.8 Å². The summed E-state index contributed by atoms with van der Waals surface area (Å²) in [6.45, 7) is 3.69. The molecular weight excluding hydrogens is 194 g/mol. The van der Waals surface area contributed by atoms with E-state index in [1.165, 1.54) is 0 Å². The second kappa shape index (κ2) is 4.23. The van der Waals surface area contributed by atoms with Crippen molar-refractivity contribution >= 4 is 5.91 Å². The molecule has 1 saturated heterocycles. The van der Waals surface area contributed by atoms with Crippen LogP contribution in [0.2, 0.25) is 0 Å². The van der Waals surface area contributed by atoms with E-state index in [0.717, 1.165) is 24.2 Å². The highest BCUT2D eigenvalue weighted by atomic mass is 16.5. The molecule has 15 heavy (non-hydrogen) atoms. The zero-order chi connectivity index (χ0) is 10.8. The third-order valence-corrected chi connectivity index (χ3v) is 3.02. The number of carbonyl (C=O) groups is 1. The fourth-order valence-corrected chi connectivity index (χ4v) is 2.11. The summed E-state index contributed by atoms with van der Waals surface area (Å²) >= 11 is 0. The van der Waals surface area contributed by atoms with Crippen molar-refractivity contribution < 1.29 is 14.6 Å². The molecule has 2 aliphatic heterocycles. The number of ether oxygens (including phenoxy) is 1. The van der Waals surface area contributed by atoms with Gasteiger partial charge in [0.15, 0.2) is 0 Å². The quantitative estimate of drug-likeness (QED) is 0.693. The first-order valence-corrected chi connectivity index (χ1v) is 5.48. The first-order valence-electron chi connectivity index (χ1n) is 5.48. The third kappa shape index (κ3) is 2.15. The molecule has 1 amide bonds. The van der Waals surface area contributed by atoms with Crippen molar-refractivity contribution in [2.24, 2.45) is 0 Å². The van der Waals surface area contributed by atoms with Crippen LogP contribution >= 0.6 is 0 Å². The number of allylic oxidation sites excluding steroid dienone is 1. The molecule has 84 valence electrons. The number of aliphatic hydroxyl groups is 1. The molecule has 0 aliphatic carbocycles. The standard InChI is InChI=1S/C11H17NO3/c1-8-10(3-2-6-15-8)11(14)12-5-4-9(13)7-12/h9,13H,2-7H2,1H3/t9-/m1/s1. The molecule has 1 fully saturated rings. The van der Waals surface area contributed by atoms with Crippen LogP contribution in [0.25, 0.3) is 0 Å². The summed E-state index contributed by atoms with van der Waals surface area (Å²) in [4.78, 5) is 13.8. The van der Waals surface area contributed by atoms with Gasteiger partial charge < -0.3 is 14.7 Å². The Kier molecular flexibility index (Phi) is 2.95. The average Bonchev–Trinajstić information content (AvgIpc) is 2.65. The van der Waals surface area contributed by atoms with Crippen molar-refractivity contribution in [3.05, 3.63) is 11.3 Å². The Morgan fingerprint density at radius 2 is 2.40 bits per heavy atom. The van der Waals surface area contributed by atoms with E-state index in [1.807, 2.05) is 6.92 Å². The maximum atomic E-state index is 12.0. The number of carbonyl (C=O) groups excluding carboxylic acids is 1. The summed E-state index contributed by atoms with van der Waals surface area (Å²) in [6, 6.07) is 0. The normalized spacial score (nSPS) is 26.8. The van der Waals surface area contributed by atoms with Crippen LogP contribution in [0.4, 0.5) is 0 Å². The number of hydrogen-bond acceptors (Lipinski definition) is 3. The van der Waals surface area contributed by atoms with Crippen molar-refractivity contribution in [3.63, 3.8) is 0 Å². The van der Waals surface area contributed by atoms with Crippen LogP contribution in [-0.4, -0.2) is 41.7 Å². The molecule has 0 aromatic carbocycles. The fraction of sp³-hybridized carbons (Fsp3) is 0.727. The number of β-amino-alcohol motifs (C(OH)–C–C–N with tert-alkyl or cyclic N) is 1. The molecule has 2 rings (SSSR count). The highest BCUT2D eigenvalue weighted by Crippen LogP contribution is 2.22. The van der Waals surface area contributed by atoms with Gasteiger partial charge in [0.25, 0.3) is 5.91 Å². The van der Waals surface area contributed by atoms with Gasteiger partial charge in [-0.15, -0.1) is 0 Å². The van der Waals surface area contributed by atoms with Crippen molar-refractivity contribution in [1.29, 1.82) is 0 Å². The molecule has 0 spiro atoms. The highest BCUT2D eigenvalue weighted by Gasteiger charge is 2.28. The zero-order valence-corrected chi connectivity index (χ0v) is 9.03. The van der Waals surface area contributed by atoms with Crippen molar-refractivity contribution in [1.82, 2.24) is 4.90 Å². The van der Waals surface area contributed by atoms with Crippen LogP contribution in [0.15, 0.2) is 11.3 Å². The van der Waals surface area contributed by atoms with E-state index in [2.05, 4.69) is 0 Å². The van der Waals surface area contributed by atoms with Gasteiger partial charge in [0.1, 0.15) is 5.76 Å². The lowest BCUT2D eigenvalue weighted by Crippen LogP contribution is -2.32. The Morgan fingerprint density at radius 1 is 1.60 bits per heavy atom. The number of hydrogen-bond donors (Lipinski definition) is 1. The van der Waals surface area contributed by atoms with Gasteiger partial charge in [-0.25, -0.2) is 0 Å². The fourth-order valence-electron chi connectivity index (χ4n) is 2.11. The monoisotopic (exact) mass is 211 g/mol. The van der Waals surface area contributed by atoms with Crippen LogP contribution in [0.3, 0.4) is 0 Å². The highest BCUT2D eigenvalue weighted by molar-refractivity contribution is 5.94. The minimum absolute atomic E-state index is 0.0451. The Bertz CT molecular complexity index is 298. The van der Waals surface area contributed by atoms with Gasteiger partial charge in [-0.2, -0.15) is 0 Å². The van der Waals surface area contributed by atoms with E-state index in [0.29, 0.717) is 26.1 Å². The van der Waals surface area contributed by atoms with Crippen LogP contribution < -0.4 is 0 Å². The van der Waals surface area contributed by atoms with Gasteiger partial charge in [0.05, 0.1) is 18.3 Å². The van der Waals surface area contributed by atoms with E-state index in [1.54, 1.807) is 4.90 Å². The SMILES string of the molecule is CC1=C(C(=O)N2CC[C@@H](O)C2)CCCO1. The van der Waals surface area contributed by atoms with Crippen LogP contribution in [0, 0.1) is 0 Å². The lowest BCUT2D eigenvalue weighted by atomic mass is 10.1. The number of amides is 1. The van der Waals surface area contributed by atoms with Crippen molar-refractivity contribution in [2.45, 2.75) is 32.3 Å². The summed E-state index contributed by atoms with van der Waals surface area (Å²) < 4.78 is 5.37. The molecule has 0 aromatic rings. The predicted octanol–water partition coefficient (Wildman–Crippen LogP) is 0.664. The maximum absolute atomic E-state index is 12.0. The molecule has 0 bridgehead atoms. The Balaban J connectivity index is 2.07. The van der Waals surface area contributed by atoms with E-state index in [4.69, 9.17) is 4.74 Å². The van der Waals surface area contributed by atoms with Crippen LogP contribution in [0.1, 0.15) is 26.2 Å². The molecule has 4 nitrogen and oxygen atoms in total. The number of nitrogens with zero attached hydrogens (tertiary/aromatic N) is 1. The van der Waals surface area contributed by atoms with E-state index >= 15 is 0 Å². The predicted molar refractivity (Wildman–Crippen MR) is 55.1 cm³/mol. The van der Waals surface area contributed by atoms with Gasteiger partial charge in [0, 0.05) is 13.1 Å². The van der Waals surface area contributed by atoms with Gasteiger partial charge in [-0.05, 0) is 26.2 Å². The number of aliphatic hydroxyl groups excluding tert-OH is 1. The lowest BCUT2D eigenvalue weighted by Gasteiger charge is -2.22. The molecule has 0 aromatic heterocycles. The molecule has 1 N–H and O–H groups in total. The average molecular weight is 211 g/mol.